The maximum atomic E-state index is 13.6. The van der Waals surface area contributed by atoms with Gasteiger partial charge in [-0.2, -0.15) is 4.98 Å². The summed E-state index contributed by atoms with van der Waals surface area (Å²) in [4.78, 5) is 4.03. The van der Waals surface area contributed by atoms with Crippen molar-refractivity contribution in [3.8, 4) is 5.88 Å². The summed E-state index contributed by atoms with van der Waals surface area (Å²) in [6.45, 7) is 3.58. The average molecular weight is 297 g/mol. The minimum atomic E-state index is -1.06. The van der Waals surface area contributed by atoms with Crippen LogP contribution < -0.4 is 15.8 Å². The number of pyridine rings is 1. The lowest BCUT2D eigenvalue weighted by molar-refractivity contribution is 0.234. The van der Waals surface area contributed by atoms with Crippen LogP contribution in [0, 0.1) is 17.5 Å². The Labute approximate surface area is 119 Å². The molecule has 1 heterocycles. The third-order valence-corrected chi connectivity index (χ3v) is 2.50. The van der Waals surface area contributed by atoms with E-state index in [1.165, 1.54) is 12.1 Å². The lowest BCUT2D eigenvalue weighted by Crippen LogP contribution is -2.10. The molecule has 112 valence electrons. The summed E-state index contributed by atoms with van der Waals surface area (Å²) >= 11 is 0. The van der Waals surface area contributed by atoms with E-state index in [2.05, 4.69) is 10.3 Å². The number of ether oxygens (including phenoxy) is 1. The van der Waals surface area contributed by atoms with Gasteiger partial charge in [-0.3, -0.25) is 0 Å². The molecule has 2 rings (SSSR count). The van der Waals surface area contributed by atoms with Crippen molar-refractivity contribution in [3.05, 3.63) is 41.7 Å². The summed E-state index contributed by atoms with van der Waals surface area (Å²) < 4.78 is 45.3. The number of aromatic nitrogens is 1. The third kappa shape index (κ3) is 3.56. The molecule has 0 saturated heterocycles. The smallest absolute Gasteiger partial charge is 0.239 e. The highest BCUT2D eigenvalue weighted by atomic mass is 19.1. The SMILES string of the molecule is CC(C)Oc1nc(Nc2c(F)cc(F)cc2F)ccc1N. The van der Waals surface area contributed by atoms with Gasteiger partial charge in [0.1, 0.15) is 17.3 Å². The van der Waals surface area contributed by atoms with Crippen LogP contribution in [-0.2, 0) is 0 Å². The van der Waals surface area contributed by atoms with Gasteiger partial charge in [-0.1, -0.05) is 0 Å². The van der Waals surface area contributed by atoms with Crippen LogP contribution in [0.1, 0.15) is 13.8 Å². The van der Waals surface area contributed by atoms with Crippen LogP contribution in [0.3, 0.4) is 0 Å². The third-order valence-electron chi connectivity index (χ3n) is 2.50. The molecule has 0 spiro atoms. The van der Waals surface area contributed by atoms with Gasteiger partial charge in [-0.15, -0.1) is 0 Å². The number of benzene rings is 1. The second kappa shape index (κ2) is 5.90. The lowest BCUT2D eigenvalue weighted by atomic mass is 10.2. The first kappa shape index (κ1) is 15.0. The Bertz CT molecular complexity index is 639. The molecule has 0 radical (unpaired) electrons. The van der Waals surface area contributed by atoms with Crippen molar-refractivity contribution in [2.75, 3.05) is 11.1 Å². The molecular weight excluding hydrogens is 283 g/mol. The second-order valence-corrected chi connectivity index (χ2v) is 4.63. The predicted octanol–water partition coefficient (Wildman–Crippen LogP) is 3.61. The summed E-state index contributed by atoms with van der Waals surface area (Å²) in [6.07, 6.45) is -0.158. The topological polar surface area (TPSA) is 60.2 Å². The number of nitrogens with one attached hydrogen (secondary N) is 1. The minimum absolute atomic E-state index is 0.129. The second-order valence-electron chi connectivity index (χ2n) is 4.63. The van der Waals surface area contributed by atoms with Crippen molar-refractivity contribution < 1.29 is 17.9 Å². The van der Waals surface area contributed by atoms with E-state index in [0.29, 0.717) is 17.8 Å². The molecule has 0 amide bonds. The Morgan fingerprint density at radius 2 is 1.76 bits per heavy atom. The molecule has 7 heteroatoms. The molecular formula is C14H14F3N3O. The molecule has 0 unspecified atom stereocenters. The highest BCUT2D eigenvalue weighted by Gasteiger charge is 2.13. The molecule has 1 aromatic carbocycles. The maximum Gasteiger partial charge on any atom is 0.239 e. The van der Waals surface area contributed by atoms with E-state index < -0.39 is 23.1 Å². The van der Waals surface area contributed by atoms with E-state index in [-0.39, 0.29) is 17.8 Å². The first-order valence-electron chi connectivity index (χ1n) is 6.21. The summed E-state index contributed by atoms with van der Waals surface area (Å²) in [6, 6.07) is 4.08. The fourth-order valence-electron chi connectivity index (χ4n) is 1.63. The fourth-order valence-corrected chi connectivity index (χ4v) is 1.63. The van der Waals surface area contributed by atoms with Crippen LogP contribution in [0.15, 0.2) is 24.3 Å². The number of hydrogen-bond acceptors (Lipinski definition) is 4. The Morgan fingerprint density at radius 1 is 1.14 bits per heavy atom. The van der Waals surface area contributed by atoms with Gasteiger partial charge >= 0.3 is 0 Å². The van der Waals surface area contributed by atoms with E-state index in [0.717, 1.165) is 0 Å². The quantitative estimate of drug-likeness (QED) is 0.905. The van der Waals surface area contributed by atoms with Crippen LogP contribution in [0.2, 0.25) is 0 Å². The van der Waals surface area contributed by atoms with Crippen LogP contribution in [0.4, 0.5) is 30.4 Å². The monoisotopic (exact) mass is 297 g/mol. The van der Waals surface area contributed by atoms with Crippen LogP contribution >= 0.6 is 0 Å². The maximum absolute atomic E-state index is 13.6. The van der Waals surface area contributed by atoms with Gasteiger partial charge in [0.05, 0.1) is 11.8 Å². The Kier molecular flexibility index (Phi) is 4.21. The zero-order valence-electron chi connectivity index (χ0n) is 11.5. The standard InChI is InChI=1S/C14H14F3N3O/c1-7(2)21-14-11(18)3-4-12(20-14)19-13-9(16)5-8(15)6-10(13)17/h3-7H,18H2,1-2H3,(H,19,20). The summed E-state index contributed by atoms with van der Waals surface area (Å²) in [5, 5.41) is 2.45. The number of hydrogen-bond donors (Lipinski definition) is 2. The van der Waals surface area contributed by atoms with Gasteiger partial charge in [-0.05, 0) is 26.0 Å². The first-order chi connectivity index (χ1) is 9.86. The van der Waals surface area contributed by atoms with Crippen molar-refractivity contribution in [2.45, 2.75) is 20.0 Å². The van der Waals surface area contributed by atoms with Crippen molar-refractivity contribution in [3.63, 3.8) is 0 Å². The summed E-state index contributed by atoms with van der Waals surface area (Å²) in [5.41, 5.74) is 5.50. The van der Waals surface area contributed by atoms with Gasteiger partial charge in [0.25, 0.3) is 0 Å². The molecule has 1 aromatic heterocycles. The van der Waals surface area contributed by atoms with Crippen molar-refractivity contribution in [1.29, 1.82) is 0 Å². The van der Waals surface area contributed by atoms with Gasteiger partial charge in [0.2, 0.25) is 5.88 Å². The Balaban J connectivity index is 2.32. The van der Waals surface area contributed by atoms with Crippen molar-refractivity contribution in [2.24, 2.45) is 0 Å². The van der Waals surface area contributed by atoms with Crippen molar-refractivity contribution >= 4 is 17.2 Å². The zero-order valence-corrected chi connectivity index (χ0v) is 11.5. The number of anilines is 3. The molecule has 21 heavy (non-hydrogen) atoms. The molecule has 0 aliphatic carbocycles. The molecule has 0 aliphatic rings. The van der Waals surface area contributed by atoms with Gasteiger partial charge in [0, 0.05) is 12.1 Å². The average Bonchev–Trinajstić information content (AvgIpc) is 2.37. The van der Waals surface area contributed by atoms with Crippen LogP contribution in [0.5, 0.6) is 5.88 Å². The summed E-state index contributed by atoms with van der Waals surface area (Å²) in [7, 11) is 0. The Hall–Kier alpha value is -2.44. The van der Waals surface area contributed by atoms with Crippen LogP contribution in [-0.4, -0.2) is 11.1 Å². The van der Waals surface area contributed by atoms with Crippen LogP contribution in [0.25, 0.3) is 0 Å². The number of nitrogens with two attached hydrogens (primary N) is 1. The molecule has 0 fully saturated rings. The van der Waals surface area contributed by atoms with E-state index >= 15 is 0 Å². The molecule has 4 nitrogen and oxygen atoms in total. The minimum Gasteiger partial charge on any atom is -0.473 e. The normalized spacial score (nSPS) is 10.8. The molecule has 3 N–H and O–H groups in total. The van der Waals surface area contributed by atoms with E-state index in [1.807, 2.05) is 0 Å². The highest BCUT2D eigenvalue weighted by molar-refractivity contribution is 5.61. The molecule has 2 aromatic rings. The number of nitrogens with zero attached hydrogens (tertiary/aromatic N) is 1. The van der Waals surface area contributed by atoms with E-state index in [9.17, 15) is 13.2 Å². The van der Waals surface area contributed by atoms with Gasteiger partial charge < -0.3 is 15.8 Å². The number of halogens is 3. The fraction of sp³-hybridized carbons (Fsp3) is 0.214. The number of rotatable bonds is 4. The molecule has 0 saturated carbocycles. The summed E-state index contributed by atoms with van der Waals surface area (Å²) in [5.74, 6) is -2.83. The highest BCUT2D eigenvalue weighted by Crippen LogP contribution is 2.27. The molecule has 0 bridgehead atoms. The molecule has 0 aliphatic heterocycles. The van der Waals surface area contributed by atoms with Gasteiger partial charge in [-0.25, -0.2) is 13.2 Å². The van der Waals surface area contributed by atoms with E-state index in [1.54, 1.807) is 13.8 Å². The Morgan fingerprint density at radius 3 is 2.33 bits per heavy atom. The van der Waals surface area contributed by atoms with E-state index in [4.69, 9.17) is 10.5 Å². The molecule has 0 atom stereocenters. The largest absolute Gasteiger partial charge is 0.473 e. The lowest BCUT2D eigenvalue weighted by Gasteiger charge is -2.13. The number of nitrogen functional groups attached to an aromatic ring is 1. The zero-order chi connectivity index (χ0) is 15.6. The first-order valence-corrected chi connectivity index (χ1v) is 6.21. The predicted molar refractivity (Wildman–Crippen MR) is 74.0 cm³/mol. The van der Waals surface area contributed by atoms with Gasteiger partial charge in [0.15, 0.2) is 11.6 Å². The van der Waals surface area contributed by atoms with Crippen molar-refractivity contribution in [1.82, 2.24) is 4.98 Å².